The number of halogens is 1. The van der Waals surface area contributed by atoms with Gasteiger partial charge in [0.25, 0.3) is 5.69 Å². The summed E-state index contributed by atoms with van der Waals surface area (Å²) in [6, 6.07) is 14.9. The first-order valence-corrected chi connectivity index (χ1v) is 7.45. The van der Waals surface area contributed by atoms with Crippen LogP contribution in [0.1, 0.15) is 18.1 Å². The highest BCUT2D eigenvalue weighted by molar-refractivity contribution is 5.77. The molecule has 0 bridgehead atoms. The minimum Gasteiger partial charge on any atom is -0.460 e. The number of nitro groups is 1. The van der Waals surface area contributed by atoms with Crippen molar-refractivity contribution in [1.29, 1.82) is 0 Å². The summed E-state index contributed by atoms with van der Waals surface area (Å²) in [5.41, 5.74) is 0.0809. The van der Waals surface area contributed by atoms with E-state index in [1.165, 1.54) is 31.2 Å². The summed E-state index contributed by atoms with van der Waals surface area (Å²) >= 11 is 0. The van der Waals surface area contributed by atoms with Crippen molar-refractivity contribution in [3.05, 3.63) is 75.8 Å². The second kappa shape index (κ2) is 7.68. The average molecular weight is 331 g/mol. The Bertz CT molecular complexity index is 703. The molecule has 0 spiro atoms. The molecule has 1 atom stereocenters. The quantitative estimate of drug-likeness (QED) is 0.439. The average Bonchev–Trinajstić information content (AvgIpc) is 2.60. The van der Waals surface area contributed by atoms with Crippen molar-refractivity contribution in [2.75, 3.05) is 6.67 Å². The van der Waals surface area contributed by atoms with Crippen LogP contribution in [0.4, 0.5) is 10.1 Å². The lowest BCUT2D eigenvalue weighted by Crippen LogP contribution is -2.34. The SMILES string of the molecule is CC(CF)(Cc1ccc([N+](=O)[O-])cc1)C(=O)OCc1ccccc1. The highest BCUT2D eigenvalue weighted by Crippen LogP contribution is 2.27. The molecule has 126 valence electrons. The maximum absolute atomic E-state index is 13.5. The van der Waals surface area contributed by atoms with E-state index in [0.29, 0.717) is 5.56 Å². The van der Waals surface area contributed by atoms with E-state index in [2.05, 4.69) is 0 Å². The molecular weight excluding hydrogens is 313 g/mol. The standard InChI is InChI=1S/C18H18FNO4/c1-18(13-19,11-14-7-9-16(10-8-14)20(22)23)17(21)24-12-15-5-3-2-4-6-15/h2-10H,11-13H2,1H3. The molecule has 0 fully saturated rings. The minimum atomic E-state index is -1.33. The van der Waals surface area contributed by atoms with Crippen LogP contribution in [0, 0.1) is 15.5 Å². The van der Waals surface area contributed by atoms with E-state index in [9.17, 15) is 19.3 Å². The number of nitro benzene ring substituents is 1. The van der Waals surface area contributed by atoms with Gasteiger partial charge in [-0.1, -0.05) is 42.5 Å². The molecule has 1 unspecified atom stereocenters. The first-order chi connectivity index (χ1) is 11.4. The van der Waals surface area contributed by atoms with Crippen molar-refractivity contribution in [3.8, 4) is 0 Å². The second-order valence-electron chi connectivity index (χ2n) is 5.86. The summed E-state index contributed by atoms with van der Waals surface area (Å²) in [6.07, 6.45) is 0.106. The Kier molecular flexibility index (Phi) is 5.63. The molecule has 0 aliphatic rings. The Hall–Kier alpha value is -2.76. The third-order valence-electron chi connectivity index (χ3n) is 3.74. The first kappa shape index (κ1) is 17.6. The van der Waals surface area contributed by atoms with Crippen LogP contribution >= 0.6 is 0 Å². The Morgan fingerprint density at radius 2 is 1.75 bits per heavy atom. The molecule has 0 radical (unpaired) electrons. The summed E-state index contributed by atoms with van der Waals surface area (Å²) < 4.78 is 18.7. The smallest absolute Gasteiger partial charge is 0.315 e. The lowest BCUT2D eigenvalue weighted by Gasteiger charge is -2.24. The first-order valence-electron chi connectivity index (χ1n) is 7.45. The van der Waals surface area contributed by atoms with Crippen LogP contribution in [0.15, 0.2) is 54.6 Å². The number of benzene rings is 2. The molecule has 2 rings (SSSR count). The molecule has 0 saturated heterocycles. The Balaban J connectivity index is 2.03. The summed E-state index contributed by atoms with van der Waals surface area (Å²) in [4.78, 5) is 22.4. The van der Waals surface area contributed by atoms with Gasteiger partial charge in [-0.3, -0.25) is 14.9 Å². The van der Waals surface area contributed by atoms with Gasteiger partial charge >= 0.3 is 5.97 Å². The number of esters is 1. The molecule has 0 aliphatic carbocycles. The minimum absolute atomic E-state index is 0.0487. The van der Waals surface area contributed by atoms with Crippen molar-refractivity contribution in [1.82, 2.24) is 0 Å². The molecule has 0 N–H and O–H groups in total. The number of carbonyl (C=O) groups excluding carboxylic acids is 1. The van der Waals surface area contributed by atoms with Crippen molar-refractivity contribution < 1.29 is 18.8 Å². The van der Waals surface area contributed by atoms with Gasteiger partial charge in [0, 0.05) is 12.1 Å². The lowest BCUT2D eigenvalue weighted by atomic mass is 9.85. The number of hydrogen-bond acceptors (Lipinski definition) is 4. The van der Waals surface area contributed by atoms with Crippen LogP contribution in [0.5, 0.6) is 0 Å². The van der Waals surface area contributed by atoms with E-state index in [0.717, 1.165) is 5.56 Å². The lowest BCUT2D eigenvalue weighted by molar-refractivity contribution is -0.384. The maximum atomic E-state index is 13.5. The molecule has 0 amide bonds. The summed E-state index contributed by atoms with van der Waals surface area (Å²) in [5, 5.41) is 10.7. The number of carbonyl (C=O) groups is 1. The predicted octanol–water partition coefficient (Wildman–Crippen LogP) is 3.86. The molecule has 0 saturated carbocycles. The van der Waals surface area contributed by atoms with Crippen LogP contribution in [0.25, 0.3) is 0 Å². The molecule has 2 aromatic carbocycles. The zero-order chi connectivity index (χ0) is 17.6. The van der Waals surface area contributed by atoms with Crippen LogP contribution in [-0.4, -0.2) is 17.6 Å². The summed E-state index contributed by atoms with van der Waals surface area (Å²) in [5.74, 6) is -0.632. The molecule has 24 heavy (non-hydrogen) atoms. The van der Waals surface area contributed by atoms with Crippen LogP contribution < -0.4 is 0 Å². The molecular formula is C18H18FNO4. The van der Waals surface area contributed by atoms with E-state index in [1.54, 1.807) is 0 Å². The normalized spacial score (nSPS) is 13.1. The van der Waals surface area contributed by atoms with E-state index in [-0.39, 0.29) is 18.7 Å². The molecule has 5 nitrogen and oxygen atoms in total. The van der Waals surface area contributed by atoms with Crippen molar-refractivity contribution in [3.63, 3.8) is 0 Å². The summed E-state index contributed by atoms with van der Waals surface area (Å²) in [7, 11) is 0. The van der Waals surface area contributed by atoms with Crippen LogP contribution in [0.3, 0.4) is 0 Å². The van der Waals surface area contributed by atoms with Gasteiger partial charge in [0.2, 0.25) is 0 Å². The number of rotatable bonds is 7. The van der Waals surface area contributed by atoms with Gasteiger partial charge in [0.1, 0.15) is 13.3 Å². The molecule has 0 aromatic heterocycles. The van der Waals surface area contributed by atoms with Gasteiger partial charge in [-0.25, -0.2) is 4.39 Å². The van der Waals surface area contributed by atoms with Gasteiger partial charge in [-0.05, 0) is 24.5 Å². The fraction of sp³-hybridized carbons (Fsp3) is 0.278. The van der Waals surface area contributed by atoms with Crippen LogP contribution in [0.2, 0.25) is 0 Å². The zero-order valence-corrected chi connectivity index (χ0v) is 13.3. The number of alkyl halides is 1. The highest BCUT2D eigenvalue weighted by Gasteiger charge is 2.35. The molecule has 6 heteroatoms. The second-order valence-corrected chi connectivity index (χ2v) is 5.86. The van der Waals surface area contributed by atoms with Gasteiger partial charge in [0.15, 0.2) is 0 Å². The van der Waals surface area contributed by atoms with E-state index >= 15 is 0 Å². The van der Waals surface area contributed by atoms with E-state index < -0.39 is 23.0 Å². The zero-order valence-electron chi connectivity index (χ0n) is 13.3. The number of ether oxygens (including phenoxy) is 1. The van der Waals surface area contributed by atoms with E-state index in [1.807, 2.05) is 30.3 Å². The summed E-state index contributed by atoms with van der Waals surface area (Å²) in [6.45, 7) is 0.689. The van der Waals surface area contributed by atoms with Gasteiger partial charge in [-0.15, -0.1) is 0 Å². The van der Waals surface area contributed by atoms with Gasteiger partial charge in [-0.2, -0.15) is 0 Å². The van der Waals surface area contributed by atoms with Gasteiger partial charge in [0.05, 0.1) is 10.3 Å². The van der Waals surface area contributed by atoms with Crippen molar-refractivity contribution in [2.45, 2.75) is 20.0 Å². The molecule has 0 aliphatic heterocycles. The van der Waals surface area contributed by atoms with E-state index in [4.69, 9.17) is 4.74 Å². The largest absolute Gasteiger partial charge is 0.460 e. The third-order valence-corrected chi connectivity index (χ3v) is 3.74. The number of hydrogen-bond donors (Lipinski definition) is 0. The predicted molar refractivity (Wildman–Crippen MR) is 87.1 cm³/mol. The van der Waals surface area contributed by atoms with Crippen molar-refractivity contribution in [2.24, 2.45) is 5.41 Å². The maximum Gasteiger partial charge on any atom is 0.315 e. The monoisotopic (exact) mass is 331 g/mol. The van der Waals surface area contributed by atoms with Crippen molar-refractivity contribution >= 4 is 11.7 Å². The van der Waals surface area contributed by atoms with Gasteiger partial charge < -0.3 is 4.74 Å². The number of nitrogens with zero attached hydrogens (tertiary/aromatic N) is 1. The Morgan fingerprint density at radius 1 is 1.12 bits per heavy atom. The fourth-order valence-corrected chi connectivity index (χ4v) is 2.26. The topological polar surface area (TPSA) is 69.4 Å². The Morgan fingerprint density at radius 3 is 2.29 bits per heavy atom. The van der Waals surface area contributed by atoms with Crippen LogP contribution in [-0.2, 0) is 22.6 Å². The molecule has 0 heterocycles. The number of non-ortho nitro benzene ring substituents is 1. The molecule has 2 aromatic rings. The highest BCUT2D eigenvalue weighted by atomic mass is 19.1. The fourth-order valence-electron chi connectivity index (χ4n) is 2.26. The Labute approximate surface area is 139 Å². The third kappa shape index (κ3) is 4.38.